The Bertz CT molecular complexity index is 833. The summed E-state index contributed by atoms with van der Waals surface area (Å²) in [4.78, 5) is 26.9. The Hall–Kier alpha value is -2.28. The average Bonchev–Trinajstić information content (AvgIpc) is 3.25. The molecule has 25 heavy (non-hydrogen) atoms. The highest BCUT2D eigenvalue weighted by Gasteiger charge is 2.43. The largest absolute Gasteiger partial charge is 0.338 e. The summed E-state index contributed by atoms with van der Waals surface area (Å²) in [6, 6.07) is 9.52. The van der Waals surface area contributed by atoms with Gasteiger partial charge in [-0.15, -0.1) is 0 Å². The highest BCUT2D eigenvalue weighted by molar-refractivity contribution is 7.98. The topological polar surface area (TPSA) is 67.2 Å². The van der Waals surface area contributed by atoms with Gasteiger partial charge in [-0.3, -0.25) is 14.3 Å². The highest BCUT2D eigenvalue weighted by atomic mass is 32.2. The summed E-state index contributed by atoms with van der Waals surface area (Å²) in [6.45, 7) is 0. The molecule has 6 nitrogen and oxygen atoms in total. The first-order chi connectivity index (χ1) is 12.1. The molecule has 7 heteroatoms. The van der Waals surface area contributed by atoms with Gasteiger partial charge in [0.15, 0.2) is 0 Å². The van der Waals surface area contributed by atoms with Gasteiger partial charge in [-0.05, 0) is 5.56 Å². The number of nitrogens with zero attached hydrogens (tertiary/aromatic N) is 3. The van der Waals surface area contributed by atoms with E-state index < -0.39 is 5.92 Å². The third-order valence-electron chi connectivity index (χ3n) is 5.02. The Balaban J connectivity index is 1.62. The predicted octanol–water partition coefficient (Wildman–Crippen LogP) is 2.33. The van der Waals surface area contributed by atoms with Crippen LogP contribution < -0.4 is 5.32 Å². The molecule has 0 bridgehead atoms. The van der Waals surface area contributed by atoms with Gasteiger partial charge in [0.2, 0.25) is 11.8 Å². The Morgan fingerprint density at radius 1 is 1.24 bits per heavy atom. The quantitative estimate of drug-likeness (QED) is 0.917. The number of aryl methyl sites for hydroxylation is 1. The predicted molar refractivity (Wildman–Crippen MR) is 96.9 cm³/mol. The van der Waals surface area contributed by atoms with Crippen molar-refractivity contribution in [3.63, 3.8) is 0 Å². The molecule has 0 aliphatic carbocycles. The van der Waals surface area contributed by atoms with Crippen LogP contribution in [0.5, 0.6) is 0 Å². The molecule has 0 radical (unpaired) electrons. The SMILES string of the molecule is CN1C(=O)CC(C(=O)Nc2c3c(nn2C)CSC3)C1c1ccccc1. The minimum atomic E-state index is -0.403. The van der Waals surface area contributed by atoms with Gasteiger partial charge in [0.05, 0.1) is 17.7 Å². The first kappa shape index (κ1) is 16.2. The fourth-order valence-electron chi connectivity index (χ4n) is 3.72. The molecule has 3 heterocycles. The number of carbonyl (C=O) groups excluding carboxylic acids is 2. The molecular formula is C18H20N4O2S. The molecule has 4 rings (SSSR count). The van der Waals surface area contributed by atoms with Crippen LogP contribution in [0.1, 0.15) is 29.3 Å². The van der Waals surface area contributed by atoms with Crippen molar-refractivity contribution in [3.05, 3.63) is 47.2 Å². The van der Waals surface area contributed by atoms with E-state index >= 15 is 0 Å². The van der Waals surface area contributed by atoms with Crippen molar-refractivity contribution in [2.24, 2.45) is 13.0 Å². The zero-order valence-corrected chi connectivity index (χ0v) is 15.0. The fraction of sp³-hybridized carbons (Fsp3) is 0.389. The lowest BCUT2D eigenvalue weighted by Gasteiger charge is -2.25. The second-order valence-corrected chi connectivity index (χ2v) is 7.54. The van der Waals surface area contributed by atoms with Crippen LogP contribution in [-0.4, -0.2) is 33.5 Å². The van der Waals surface area contributed by atoms with Crippen molar-refractivity contribution in [2.45, 2.75) is 24.0 Å². The number of fused-ring (bicyclic) bond motifs is 1. The minimum absolute atomic E-state index is 0.000191. The molecule has 1 saturated heterocycles. The summed E-state index contributed by atoms with van der Waals surface area (Å²) in [6.07, 6.45) is 0.233. The summed E-state index contributed by atoms with van der Waals surface area (Å²) in [5.74, 6) is 1.99. The number of nitrogens with one attached hydrogen (secondary N) is 1. The second-order valence-electron chi connectivity index (χ2n) is 6.55. The summed E-state index contributed by atoms with van der Waals surface area (Å²) < 4.78 is 1.74. The van der Waals surface area contributed by atoms with Crippen LogP contribution in [0, 0.1) is 5.92 Å². The number of thioether (sulfide) groups is 1. The van der Waals surface area contributed by atoms with Gasteiger partial charge in [-0.1, -0.05) is 30.3 Å². The van der Waals surface area contributed by atoms with Crippen molar-refractivity contribution < 1.29 is 9.59 Å². The van der Waals surface area contributed by atoms with E-state index in [0.29, 0.717) is 0 Å². The van der Waals surface area contributed by atoms with E-state index in [9.17, 15) is 9.59 Å². The van der Waals surface area contributed by atoms with Gasteiger partial charge < -0.3 is 10.2 Å². The monoisotopic (exact) mass is 356 g/mol. The van der Waals surface area contributed by atoms with E-state index in [1.165, 1.54) is 0 Å². The van der Waals surface area contributed by atoms with Gasteiger partial charge in [-0.25, -0.2) is 0 Å². The molecule has 1 N–H and O–H groups in total. The molecular weight excluding hydrogens is 336 g/mol. The first-order valence-electron chi connectivity index (χ1n) is 8.30. The lowest BCUT2D eigenvalue weighted by atomic mass is 9.93. The van der Waals surface area contributed by atoms with Crippen LogP contribution in [0.3, 0.4) is 0 Å². The standard InChI is InChI=1S/C18H20N4O2S/c1-21-15(23)8-12(16(21)11-6-4-3-5-7-11)18(24)19-17-13-9-25-10-14(13)20-22(17)2/h3-7,12,16H,8-10H2,1-2H3,(H,19,24). The average molecular weight is 356 g/mol. The van der Waals surface area contributed by atoms with E-state index in [1.807, 2.05) is 37.4 Å². The highest BCUT2D eigenvalue weighted by Crippen LogP contribution is 2.39. The van der Waals surface area contributed by atoms with E-state index in [0.717, 1.165) is 34.1 Å². The zero-order chi connectivity index (χ0) is 17.6. The number of aromatic nitrogens is 2. The van der Waals surface area contributed by atoms with Crippen LogP contribution in [0.2, 0.25) is 0 Å². The summed E-state index contributed by atoms with van der Waals surface area (Å²) in [5, 5.41) is 7.52. The maximum atomic E-state index is 13.0. The fourth-order valence-corrected chi connectivity index (χ4v) is 4.75. The van der Waals surface area contributed by atoms with Crippen LogP contribution in [0.4, 0.5) is 5.82 Å². The van der Waals surface area contributed by atoms with Crippen molar-refractivity contribution in [2.75, 3.05) is 12.4 Å². The molecule has 1 aromatic carbocycles. The maximum Gasteiger partial charge on any atom is 0.231 e. The van der Waals surface area contributed by atoms with Crippen LogP contribution >= 0.6 is 11.8 Å². The zero-order valence-electron chi connectivity index (χ0n) is 14.2. The van der Waals surface area contributed by atoms with Crippen LogP contribution in [0.15, 0.2) is 30.3 Å². The number of hydrogen-bond acceptors (Lipinski definition) is 4. The van der Waals surface area contributed by atoms with E-state index in [2.05, 4.69) is 10.4 Å². The normalized spacial score (nSPS) is 22.3. The Morgan fingerprint density at radius 2 is 2.00 bits per heavy atom. The van der Waals surface area contributed by atoms with Gasteiger partial charge in [0.1, 0.15) is 5.82 Å². The van der Waals surface area contributed by atoms with Gasteiger partial charge >= 0.3 is 0 Å². The van der Waals surface area contributed by atoms with Gasteiger partial charge in [0.25, 0.3) is 0 Å². The number of carbonyl (C=O) groups is 2. The van der Waals surface area contributed by atoms with Crippen molar-refractivity contribution in [3.8, 4) is 0 Å². The van der Waals surface area contributed by atoms with Crippen molar-refractivity contribution in [1.82, 2.24) is 14.7 Å². The van der Waals surface area contributed by atoms with Crippen molar-refractivity contribution >= 4 is 29.4 Å². The molecule has 1 aromatic heterocycles. The summed E-state index contributed by atoms with van der Waals surface area (Å²) in [7, 11) is 3.62. The molecule has 2 aromatic rings. The Labute approximate surface area is 150 Å². The number of amides is 2. The van der Waals surface area contributed by atoms with E-state index in [-0.39, 0.29) is 24.3 Å². The number of anilines is 1. The lowest BCUT2D eigenvalue weighted by Crippen LogP contribution is -2.30. The van der Waals surface area contributed by atoms with Crippen molar-refractivity contribution in [1.29, 1.82) is 0 Å². The van der Waals surface area contributed by atoms with Gasteiger partial charge in [-0.2, -0.15) is 16.9 Å². The lowest BCUT2D eigenvalue weighted by molar-refractivity contribution is -0.127. The molecule has 0 saturated carbocycles. The van der Waals surface area contributed by atoms with Crippen LogP contribution in [0.25, 0.3) is 0 Å². The molecule has 2 aliphatic rings. The molecule has 2 unspecified atom stereocenters. The smallest absolute Gasteiger partial charge is 0.231 e. The molecule has 2 atom stereocenters. The summed E-state index contributed by atoms with van der Waals surface area (Å²) in [5.41, 5.74) is 3.14. The molecule has 2 amide bonds. The number of hydrogen-bond donors (Lipinski definition) is 1. The molecule has 2 aliphatic heterocycles. The van der Waals surface area contributed by atoms with E-state index in [4.69, 9.17) is 0 Å². The van der Waals surface area contributed by atoms with Crippen LogP contribution in [-0.2, 0) is 28.1 Å². The third kappa shape index (κ3) is 2.72. The number of benzene rings is 1. The minimum Gasteiger partial charge on any atom is -0.338 e. The molecule has 130 valence electrons. The Kier molecular flexibility index (Phi) is 4.03. The second kappa shape index (κ2) is 6.22. The molecule has 0 spiro atoms. The molecule has 1 fully saturated rings. The summed E-state index contributed by atoms with van der Waals surface area (Å²) >= 11 is 1.80. The Morgan fingerprint density at radius 3 is 2.76 bits per heavy atom. The first-order valence-corrected chi connectivity index (χ1v) is 9.45. The third-order valence-corrected chi connectivity index (χ3v) is 5.99. The number of likely N-dealkylation sites (tertiary alicyclic amines) is 1. The maximum absolute atomic E-state index is 13.0. The van der Waals surface area contributed by atoms with E-state index in [1.54, 1.807) is 28.4 Å². The van der Waals surface area contributed by atoms with Gasteiger partial charge in [0, 0.05) is 37.6 Å². The number of rotatable bonds is 3.